The minimum absolute atomic E-state index is 0.276. The van der Waals surface area contributed by atoms with Crippen LogP contribution in [0.15, 0.2) is 12.4 Å². The lowest BCUT2D eigenvalue weighted by atomic mass is 9.81. The molecule has 1 aromatic rings. The molecule has 0 spiro atoms. The van der Waals surface area contributed by atoms with E-state index in [1.807, 2.05) is 27.7 Å². The quantitative estimate of drug-likeness (QED) is 0.598. The Hall–Kier alpha value is -1.75. The van der Waals surface area contributed by atoms with E-state index in [2.05, 4.69) is 9.97 Å². The van der Waals surface area contributed by atoms with Crippen LogP contribution < -0.4 is 10.2 Å². The third-order valence-electron chi connectivity index (χ3n) is 6.22. The number of hydrogen-bond donors (Lipinski definition) is 2. The molecule has 10 heteroatoms. The van der Waals surface area contributed by atoms with Gasteiger partial charge in [0.1, 0.15) is 0 Å². The van der Waals surface area contributed by atoms with Gasteiger partial charge in [0.05, 0.1) is 24.4 Å². The number of carbonyl (C=O) groups excluding carboxylic acids is 1. The predicted octanol–water partition coefficient (Wildman–Crippen LogP) is 0.137. The number of nitrogens with zero attached hydrogens (tertiary/aromatic N) is 3. The zero-order valence-electron chi connectivity index (χ0n) is 18.2. The van der Waals surface area contributed by atoms with Crippen molar-refractivity contribution in [2.45, 2.75) is 64.3 Å². The molecule has 0 saturated carbocycles. The van der Waals surface area contributed by atoms with E-state index in [0.29, 0.717) is 19.7 Å². The third kappa shape index (κ3) is 5.11. The SMILES string of the molecule is CC1(C)OB(c2cnc(OCC[C@@H]3CCCN(C(=O)[C@@H](O)CO)C3)nc2)OC1(C)C. The van der Waals surface area contributed by atoms with Crippen molar-refractivity contribution in [3.63, 3.8) is 0 Å². The van der Waals surface area contributed by atoms with Crippen molar-refractivity contribution in [1.29, 1.82) is 0 Å². The first-order valence-corrected chi connectivity index (χ1v) is 10.5. The first-order chi connectivity index (χ1) is 14.1. The second-order valence-corrected chi connectivity index (χ2v) is 9.02. The zero-order valence-corrected chi connectivity index (χ0v) is 18.2. The highest BCUT2D eigenvalue weighted by Crippen LogP contribution is 2.36. The number of carbonyl (C=O) groups is 1. The van der Waals surface area contributed by atoms with E-state index in [9.17, 15) is 9.90 Å². The molecule has 166 valence electrons. The number of amides is 1. The van der Waals surface area contributed by atoms with E-state index in [1.54, 1.807) is 17.3 Å². The van der Waals surface area contributed by atoms with Crippen molar-refractivity contribution in [1.82, 2.24) is 14.9 Å². The summed E-state index contributed by atoms with van der Waals surface area (Å²) in [5, 5.41) is 18.5. The Labute approximate surface area is 177 Å². The van der Waals surface area contributed by atoms with Crippen LogP contribution >= 0.6 is 0 Å². The summed E-state index contributed by atoms with van der Waals surface area (Å²) in [6, 6.07) is 0.287. The van der Waals surface area contributed by atoms with Gasteiger partial charge in [-0.25, -0.2) is 9.97 Å². The van der Waals surface area contributed by atoms with E-state index in [1.165, 1.54) is 0 Å². The Bertz CT molecular complexity index is 714. The largest absolute Gasteiger partial charge is 0.498 e. The van der Waals surface area contributed by atoms with Gasteiger partial charge in [-0.15, -0.1) is 0 Å². The molecule has 30 heavy (non-hydrogen) atoms. The molecular weight excluding hydrogens is 389 g/mol. The molecule has 2 aliphatic heterocycles. The number of aromatic nitrogens is 2. The summed E-state index contributed by atoms with van der Waals surface area (Å²) in [7, 11) is -0.510. The molecule has 3 rings (SSSR count). The molecule has 2 aliphatic rings. The Balaban J connectivity index is 1.46. The Kier molecular flexibility index (Phi) is 7.01. The van der Waals surface area contributed by atoms with E-state index in [0.717, 1.165) is 24.7 Å². The van der Waals surface area contributed by atoms with Crippen LogP contribution in [0.25, 0.3) is 0 Å². The summed E-state index contributed by atoms with van der Waals surface area (Å²) in [6.45, 7) is 9.03. The molecule has 9 nitrogen and oxygen atoms in total. The average Bonchev–Trinajstić information content (AvgIpc) is 2.94. The van der Waals surface area contributed by atoms with Gasteiger partial charge in [-0.3, -0.25) is 4.79 Å². The number of rotatable bonds is 7. The van der Waals surface area contributed by atoms with Gasteiger partial charge in [-0.05, 0) is 52.9 Å². The topological polar surface area (TPSA) is 114 Å². The van der Waals surface area contributed by atoms with Crippen LogP contribution in [0.5, 0.6) is 6.01 Å². The van der Waals surface area contributed by atoms with Crippen molar-refractivity contribution in [2.24, 2.45) is 5.92 Å². The highest BCUT2D eigenvalue weighted by Gasteiger charge is 2.52. The first-order valence-electron chi connectivity index (χ1n) is 10.5. The smallest absolute Gasteiger partial charge is 0.463 e. The highest BCUT2D eigenvalue weighted by atomic mass is 16.7. The van der Waals surface area contributed by atoms with Gasteiger partial charge in [0.2, 0.25) is 0 Å². The molecular formula is C20H32BN3O6. The second kappa shape index (κ2) is 9.17. The van der Waals surface area contributed by atoms with Crippen LogP contribution in [0.1, 0.15) is 47.0 Å². The van der Waals surface area contributed by atoms with E-state index >= 15 is 0 Å². The molecule has 0 unspecified atom stereocenters. The molecule has 1 amide bonds. The lowest BCUT2D eigenvalue weighted by Gasteiger charge is -2.33. The number of ether oxygens (including phenoxy) is 1. The lowest BCUT2D eigenvalue weighted by molar-refractivity contribution is -0.144. The molecule has 2 N–H and O–H groups in total. The molecule has 0 aliphatic carbocycles. The van der Waals surface area contributed by atoms with Crippen molar-refractivity contribution in [3.8, 4) is 6.01 Å². The van der Waals surface area contributed by atoms with E-state index in [-0.39, 0.29) is 11.9 Å². The second-order valence-electron chi connectivity index (χ2n) is 9.02. The normalized spacial score (nSPS) is 24.0. The number of piperidine rings is 1. The molecule has 2 fully saturated rings. The first kappa shape index (κ1) is 22.9. The predicted molar refractivity (Wildman–Crippen MR) is 110 cm³/mol. The maximum Gasteiger partial charge on any atom is 0.498 e. The molecule has 0 bridgehead atoms. The van der Waals surface area contributed by atoms with E-state index in [4.69, 9.17) is 19.2 Å². The summed E-state index contributed by atoms with van der Waals surface area (Å²) in [5.74, 6) is -0.137. The molecule has 2 saturated heterocycles. The minimum Gasteiger partial charge on any atom is -0.463 e. The van der Waals surface area contributed by atoms with Crippen LogP contribution in [0.2, 0.25) is 0 Å². The molecule has 2 atom stereocenters. The zero-order chi connectivity index (χ0) is 21.9. The molecule has 0 radical (unpaired) electrons. The monoisotopic (exact) mass is 421 g/mol. The van der Waals surface area contributed by atoms with Crippen molar-refractivity contribution in [3.05, 3.63) is 12.4 Å². The van der Waals surface area contributed by atoms with Crippen LogP contribution in [-0.4, -0.2) is 81.7 Å². The van der Waals surface area contributed by atoms with Crippen LogP contribution in [0.3, 0.4) is 0 Å². The van der Waals surface area contributed by atoms with Crippen LogP contribution in [0.4, 0.5) is 0 Å². The fourth-order valence-electron chi connectivity index (χ4n) is 3.61. The average molecular weight is 421 g/mol. The van der Waals surface area contributed by atoms with E-state index < -0.39 is 36.9 Å². The van der Waals surface area contributed by atoms with Gasteiger partial charge in [-0.1, -0.05) is 0 Å². The summed E-state index contributed by atoms with van der Waals surface area (Å²) in [5.41, 5.74) is -0.102. The summed E-state index contributed by atoms with van der Waals surface area (Å²) in [6.07, 6.45) is 4.58. The number of aliphatic hydroxyl groups is 2. The van der Waals surface area contributed by atoms with Crippen molar-refractivity contribution >= 4 is 18.5 Å². The lowest BCUT2D eigenvalue weighted by Crippen LogP contribution is -2.46. The summed E-state index contributed by atoms with van der Waals surface area (Å²) >= 11 is 0. The number of hydrogen-bond acceptors (Lipinski definition) is 8. The fraction of sp³-hybridized carbons (Fsp3) is 0.750. The van der Waals surface area contributed by atoms with Gasteiger partial charge in [-0.2, -0.15) is 0 Å². The molecule has 1 aromatic heterocycles. The van der Waals surface area contributed by atoms with Gasteiger partial charge in [0.15, 0.2) is 6.10 Å². The summed E-state index contributed by atoms with van der Waals surface area (Å²) in [4.78, 5) is 22.2. The Morgan fingerprint density at radius 3 is 2.53 bits per heavy atom. The van der Waals surface area contributed by atoms with Gasteiger partial charge >= 0.3 is 13.1 Å². The van der Waals surface area contributed by atoms with Gasteiger partial charge < -0.3 is 29.2 Å². The van der Waals surface area contributed by atoms with Crippen LogP contribution in [-0.2, 0) is 14.1 Å². The van der Waals surface area contributed by atoms with Crippen molar-refractivity contribution < 1.29 is 29.1 Å². The number of aliphatic hydroxyl groups excluding tert-OH is 2. The number of likely N-dealkylation sites (tertiary alicyclic amines) is 1. The maximum absolute atomic E-state index is 12.0. The fourth-order valence-corrected chi connectivity index (χ4v) is 3.61. The standard InChI is InChI=1S/C20H32BN3O6/c1-19(2)20(3,4)30-21(29-19)15-10-22-18(23-11-15)28-9-7-14-6-5-8-24(12-14)17(27)16(26)13-25/h10-11,14,16,25-26H,5-9,12-13H2,1-4H3/t14-,16-/m0/s1. The van der Waals surface area contributed by atoms with Gasteiger partial charge in [0, 0.05) is 30.9 Å². The highest BCUT2D eigenvalue weighted by molar-refractivity contribution is 6.61. The maximum atomic E-state index is 12.0. The van der Waals surface area contributed by atoms with Crippen molar-refractivity contribution in [2.75, 3.05) is 26.3 Å². The third-order valence-corrected chi connectivity index (χ3v) is 6.22. The Morgan fingerprint density at radius 1 is 1.30 bits per heavy atom. The Morgan fingerprint density at radius 2 is 1.93 bits per heavy atom. The molecule has 3 heterocycles. The summed E-state index contributed by atoms with van der Waals surface area (Å²) < 4.78 is 17.7. The molecule has 0 aromatic carbocycles. The van der Waals surface area contributed by atoms with Crippen LogP contribution in [0, 0.1) is 5.92 Å². The van der Waals surface area contributed by atoms with Gasteiger partial charge in [0.25, 0.3) is 5.91 Å². The minimum atomic E-state index is -1.34.